The van der Waals surface area contributed by atoms with Gasteiger partial charge < -0.3 is 9.84 Å². The van der Waals surface area contributed by atoms with E-state index in [-0.39, 0.29) is 5.82 Å². The lowest BCUT2D eigenvalue weighted by atomic mass is 10.1. The van der Waals surface area contributed by atoms with Crippen molar-refractivity contribution in [3.63, 3.8) is 0 Å². The van der Waals surface area contributed by atoms with Crippen LogP contribution in [0.3, 0.4) is 0 Å². The van der Waals surface area contributed by atoms with E-state index in [1.165, 1.54) is 30.5 Å². The monoisotopic (exact) mass is 479 g/mol. The molecule has 5 rings (SSSR count). The number of nitrogens with zero attached hydrogens (tertiary/aromatic N) is 3. The Kier molecular flexibility index (Phi) is 5.76. The van der Waals surface area contributed by atoms with Crippen LogP contribution in [-0.2, 0) is 12.8 Å². The largest absolute Gasteiger partial charge is 0.488 e. The van der Waals surface area contributed by atoms with Crippen LogP contribution in [0.4, 0.5) is 13.2 Å². The van der Waals surface area contributed by atoms with E-state index in [1.807, 2.05) is 12.1 Å². The molecule has 0 aliphatic heterocycles. The topological polar surface area (TPSA) is 77.2 Å². The molecule has 0 unspecified atom stereocenters. The second kappa shape index (κ2) is 8.90. The molecule has 0 atom stereocenters. The standard InChI is InChI=1S/C26H20F3N3O3/c27-26(28,29)24-20(25(33)34)14-30-32(24)23-7-3-5-21(31-23)19-4-1-2-6-22(19)35-15-16-8-10-17(11-9-16)18-12-13-18/h1-11,14,18H,12-13,15H2,(H,33,34). The van der Waals surface area contributed by atoms with E-state index < -0.39 is 23.4 Å². The van der Waals surface area contributed by atoms with Crippen molar-refractivity contribution in [3.8, 4) is 22.8 Å². The van der Waals surface area contributed by atoms with Gasteiger partial charge in [-0.1, -0.05) is 42.5 Å². The van der Waals surface area contributed by atoms with Crippen LogP contribution in [0.1, 0.15) is 45.9 Å². The molecule has 1 aliphatic carbocycles. The smallest absolute Gasteiger partial charge is 0.434 e. The molecule has 1 saturated carbocycles. The molecule has 0 saturated heterocycles. The van der Waals surface area contributed by atoms with Gasteiger partial charge in [-0.05, 0) is 54.2 Å². The molecular weight excluding hydrogens is 459 g/mol. The van der Waals surface area contributed by atoms with Crippen LogP contribution in [0.5, 0.6) is 5.75 Å². The number of pyridine rings is 1. The Morgan fingerprint density at radius 3 is 2.46 bits per heavy atom. The van der Waals surface area contributed by atoms with Gasteiger partial charge in [-0.15, -0.1) is 0 Å². The van der Waals surface area contributed by atoms with Gasteiger partial charge in [0, 0.05) is 5.56 Å². The Labute approximate surface area is 198 Å². The lowest BCUT2D eigenvalue weighted by Crippen LogP contribution is -2.18. The van der Waals surface area contributed by atoms with Crippen molar-refractivity contribution < 1.29 is 27.8 Å². The average Bonchev–Trinajstić information content (AvgIpc) is 3.59. The van der Waals surface area contributed by atoms with Crippen LogP contribution in [-0.4, -0.2) is 25.8 Å². The highest BCUT2D eigenvalue weighted by atomic mass is 19.4. The third kappa shape index (κ3) is 4.75. The molecule has 1 fully saturated rings. The summed E-state index contributed by atoms with van der Waals surface area (Å²) >= 11 is 0. The number of alkyl halides is 3. The van der Waals surface area contributed by atoms with Gasteiger partial charge in [0.05, 0.1) is 11.9 Å². The number of ether oxygens (including phenoxy) is 1. The van der Waals surface area contributed by atoms with Crippen LogP contribution in [0.25, 0.3) is 17.1 Å². The summed E-state index contributed by atoms with van der Waals surface area (Å²) in [5.74, 6) is -0.689. The summed E-state index contributed by atoms with van der Waals surface area (Å²) in [6.45, 7) is 0.320. The van der Waals surface area contributed by atoms with E-state index in [9.17, 15) is 18.0 Å². The predicted octanol–water partition coefficient (Wildman–Crippen LogP) is 6.11. The van der Waals surface area contributed by atoms with Crippen molar-refractivity contribution in [1.82, 2.24) is 14.8 Å². The fourth-order valence-corrected chi connectivity index (χ4v) is 3.91. The minimum absolute atomic E-state index is 0.159. The van der Waals surface area contributed by atoms with E-state index in [4.69, 9.17) is 9.84 Å². The zero-order valence-corrected chi connectivity index (χ0v) is 18.4. The maximum absolute atomic E-state index is 13.6. The number of carbonyl (C=O) groups is 1. The first kappa shape index (κ1) is 22.6. The summed E-state index contributed by atoms with van der Waals surface area (Å²) in [7, 11) is 0. The van der Waals surface area contributed by atoms with Crippen LogP contribution < -0.4 is 4.74 Å². The molecule has 2 heterocycles. The number of hydrogen-bond acceptors (Lipinski definition) is 4. The first-order valence-corrected chi connectivity index (χ1v) is 11.0. The highest BCUT2D eigenvalue weighted by Crippen LogP contribution is 2.40. The number of carboxylic acids is 1. The van der Waals surface area contributed by atoms with E-state index in [0.29, 0.717) is 40.4 Å². The molecule has 0 amide bonds. The third-order valence-corrected chi connectivity index (χ3v) is 5.81. The van der Waals surface area contributed by atoms with Crippen molar-refractivity contribution in [3.05, 3.63) is 95.3 Å². The summed E-state index contributed by atoms with van der Waals surface area (Å²) < 4.78 is 47.4. The summed E-state index contributed by atoms with van der Waals surface area (Å²) in [5, 5.41) is 12.8. The fraction of sp³-hybridized carbons (Fsp3) is 0.192. The quantitative estimate of drug-likeness (QED) is 0.346. The van der Waals surface area contributed by atoms with Crippen LogP contribution in [0.2, 0.25) is 0 Å². The lowest BCUT2D eigenvalue weighted by Gasteiger charge is -2.14. The van der Waals surface area contributed by atoms with Crippen molar-refractivity contribution in [2.24, 2.45) is 0 Å². The minimum atomic E-state index is -4.93. The Bertz CT molecular complexity index is 1380. The number of hydrogen-bond donors (Lipinski definition) is 1. The molecule has 1 N–H and O–H groups in total. The van der Waals surface area contributed by atoms with Gasteiger partial charge in [-0.2, -0.15) is 18.3 Å². The minimum Gasteiger partial charge on any atom is -0.488 e. The van der Waals surface area contributed by atoms with Gasteiger partial charge in [0.15, 0.2) is 11.5 Å². The normalized spacial score (nSPS) is 13.6. The number of rotatable bonds is 7. The van der Waals surface area contributed by atoms with Crippen LogP contribution in [0.15, 0.2) is 72.9 Å². The summed E-state index contributed by atoms with van der Waals surface area (Å²) in [5.41, 5.74) is 0.942. The highest BCUT2D eigenvalue weighted by Gasteiger charge is 2.41. The molecule has 0 bridgehead atoms. The number of para-hydroxylation sites is 1. The summed E-state index contributed by atoms with van der Waals surface area (Å²) in [4.78, 5) is 15.6. The molecule has 2 aromatic heterocycles. The summed E-state index contributed by atoms with van der Waals surface area (Å²) in [6.07, 6.45) is -1.80. The Hall–Kier alpha value is -4.14. The zero-order chi connectivity index (χ0) is 24.6. The average molecular weight is 479 g/mol. The maximum Gasteiger partial charge on any atom is 0.434 e. The molecular formula is C26H20F3N3O3. The first-order chi connectivity index (χ1) is 16.8. The van der Waals surface area contributed by atoms with Gasteiger partial charge >= 0.3 is 12.1 Å². The Morgan fingerprint density at radius 2 is 1.77 bits per heavy atom. The number of halogens is 3. The van der Waals surface area contributed by atoms with Crippen molar-refractivity contribution in [1.29, 1.82) is 0 Å². The van der Waals surface area contributed by atoms with Crippen molar-refractivity contribution >= 4 is 5.97 Å². The second-order valence-corrected chi connectivity index (χ2v) is 8.30. The third-order valence-electron chi connectivity index (χ3n) is 5.81. The van der Waals surface area contributed by atoms with E-state index in [0.717, 1.165) is 5.56 Å². The zero-order valence-electron chi connectivity index (χ0n) is 18.4. The summed E-state index contributed by atoms with van der Waals surface area (Å²) in [6, 6.07) is 19.9. The Morgan fingerprint density at radius 1 is 1.03 bits per heavy atom. The van der Waals surface area contributed by atoms with Crippen LogP contribution in [0, 0.1) is 0 Å². The first-order valence-electron chi connectivity index (χ1n) is 11.0. The highest BCUT2D eigenvalue weighted by molar-refractivity contribution is 5.89. The van der Waals surface area contributed by atoms with Gasteiger partial charge in [0.2, 0.25) is 0 Å². The lowest BCUT2D eigenvalue weighted by molar-refractivity contribution is -0.143. The number of aromatic nitrogens is 3. The van der Waals surface area contributed by atoms with E-state index in [1.54, 1.807) is 30.3 Å². The van der Waals surface area contributed by atoms with Gasteiger partial charge in [-0.3, -0.25) is 0 Å². The predicted molar refractivity (Wildman–Crippen MR) is 122 cm³/mol. The van der Waals surface area contributed by atoms with Gasteiger partial charge in [0.25, 0.3) is 0 Å². The van der Waals surface area contributed by atoms with Gasteiger partial charge in [-0.25, -0.2) is 14.5 Å². The van der Waals surface area contributed by atoms with Crippen molar-refractivity contribution in [2.75, 3.05) is 0 Å². The molecule has 4 aromatic rings. The van der Waals surface area contributed by atoms with Crippen molar-refractivity contribution in [2.45, 2.75) is 31.5 Å². The molecule has 6 nitrogen and oxygen atoms in total. The number of aromatic carboxylic acids is 1. The second-order valence-electron chi connectivity index (χ2n) is 8.30. The molecule has 2 aromatic carbocycles. The molecule has 9 heteroatoms. The molecule has 178 valence electrons. The molecule has 0 spiro atoms. The Balaban J connectivity index is 1.44. The maximum atomic E-state index is 13.6. The SMILES string of the molecule is O=C(O)c1cnn(-c2cccc(-c3ccccc3OCc3ccc(C4CC4)cc3)n2)c1C(F)(F)F. The molecule has 1 aliphatic rings. The number of carboxylic acid groups (broad SMARTS) is 1. The fourth-order valence-electron chi connectivity index (χ4n) is 3.91. The number of benzene rings is 2. The van der Waals surface area contributed by atoms with Gasteiger partial charge in [0.1, 0.15) is 17.9 Å². The van der Waals surface area contributed by atoms with E-state index in [2.05, 4.69) is 22.2 Å². The van der Waals surface area contributed by atoms with E-state index >= 15 is 0 Å². The molecule has 35 heavy (non-hydrogen) atoms. The molecule has 0 radical (unpaired) electrons. The van der Waals surface area contributed by atoms with Crippen LogP contribution >= 0.6 is 0 Å².